The predicted molar refractivity (Wildman–Crippen MR) is 115 cm³/mol. The Bertz CT molecular complexity index is 1210. The van der Waals surface area contributed by atoms with Crippen LogP contribution in [-0.4, -0.2) is 20.6 Å². The zero-order chi connectivity index (χ0) is 24.5. The van der Waals surface area contributed by atoms with Gasteiger partial charge in [0.05, 0.1) is 27.4 Å². The molecule has 0 aliphatic rings. The molecule has 8 nitrogen and oxygen atoms in total. The molecule has 3 aromatic rings. The molecule has 2 aromatic carbocycles. The Morgan fingerprint density at radius 1 is 1.18 bits per heavy atom. The van der Waals surface area contributed by atoms with Gasteiger partial charge in [0, 0.05) is 17.2 Å². The fourth-order valence-corrected chi connectivity index (χ4v) is 3.23. The summed E-state index contributed by atoms with van der Waals surface area (Å²) in [5, 5.41) is 17.0. The minimum atomic E-state index is -4.79. The quantitative estimate of drug-likeness (QED) is 0.309. The van der Waals surface area contributed by atoms with E-state index in [1.165, 1.54) is 19.9 Å². The summed E-state index contributed by atoms with van der Waals surface area (Å²) < 4.78 is 45.6. The fourth-order valence-electron chi connectivity index (χ4n) is 2.87. The summed E-state index contributed by atoms with van der Waals surface area (Å²) in [6.45, 7) is 2.61. The minimum absolute atomic E-state index is 0.00281. The van der Waals surface area contributed by atoms with E-state index in [-0.39, 0.29) is 22.8 Å². The predicted octanol–water partition coefficient (Wildman–Crippen LogP) is 6.42. The molecular formula is C20H15Cl2F3N4O4. The van der Waals surface area contributed by atoms with Gasteiger partial charge in [-0.15, -0.1) is 0 Å². The fraction of sp³-hybridized carbons (Fsp3) is 0.200. The van der Waals surface area contributed by atoms with E-state index in [9.17, 15) is 28.1 Å². The second kappa shape index (κ2) is 9.28. The van der Waals surface area contributed by atoms with E-state index in [2.05, 4.69) is 10.4 Å². The first kappa shape index (κ1) is 24.3. The van der Waals surface area contributed by atoms with Crippen molar-refractivity contribution in [1.29, 1.82) is 0 Å². The number of nitro groups is 1. The van der Waals surface area contributed by atoms with E-state index in [0.29, 0.717) is 10.8 Å². The zero-order valence-corrected chi connectivity index (χ0v) is 18.5. The summed E-state index contributed by atoms with van der Waals surface area (Å²) >= 11 is 11.6. The molecule has 0 saturated heterocycles. The van der Waals surface area contributed by atoms with Crippen LogP contribution in [0.2, 0.25) is 10.0 Å². The highest BCUT2D eigenvalue weighted by Crippen LogP contribution is 2.36. The first-order valence-corrected chi connectivity index (χ1v) is 9.98. The van der Waals surface area contributed by atoms with Gasteiger partial charge in [-0.25, -0.2) is 0 Å². The first-order chi connectivity index (χ1) is 15.4. The molecule has 1 unspecified atom stereocenters. The number of amides is 1. The number of carbonyl (C=O) groups is 1. The molecule has 0 radical (unpaired) electrons. The Kier molecular flexibility index (Phi) is 6.84. The van der Waals surface area contributed by atoms with Gasteiger partial charge in [-0.1, -0.05) is 23.2 Å². The Morgan fingerprint density at radius 3 is 2.36 bits per heavy atom. The number of anilines is 1. The molecule has 0 fully saturated rings. The maximum atomic E-state index is 13.1. The van der Waals surface area contributed by atoms with Crippen LogP contribution in [0.5, 0.6) is 11.5 Å². The minimum Gasteiger partial charge on any atom is -0.457 e. The lowest BCUT2D eigenvalue weighted by atomic mass is 10.2. The van der Waals surface area contributed by atoms with Crippen LogP contribution in [0, 0.1) is 17.0 Å². The van der Waals surface area contributed by atoms with Gasteiger partial charge in [0.25, 0.3) is 5.69 Å². The van der Waals surface area contributed by atoms with Crippen LogP contribution < -0.4 is 10.1 Å². The average Bonchev–Trinajstić information content (AvgIpc) is 3.04. The summed E-state index contributed by atoms with van der Waals surface area (Å²) in [7, 11) is 0. The number of nitro benzene ring substituents is 1. The van der Waals surface area contributed by atoms with Crippen molar-refractivity contribution in [2.45, 2.75) is 26.1 Å². The highest BCUT2D eigenvalue weighted by atomic mass is 35.5. The summed E-state index contributed by atoms with van der Waals surface area (Å²) in [6, 6.07) is 8.57. The van der Waals surface area contributed by atoms with E-state index in [4.69, 9.17) is 27.9 Å². The van der Waals surface area contributed by atoms with Gasteiger partial charge in [0.2, 0.25) is 5.91 Å². The van der Waals surface area contributed by atoms with Crippen molar-refractivity contribution in [3.8, 4) is 11.5 Å². The van der Waals surface area contributed by atoms with E-state index < -0.39 is 33.8 Å². The molecule has 1 N–H and O–H groups in total. The Hall–Kier alpha value is -3.31. The number of hydrogen-bond acceptors (Lipinski definition) is 5. The van der Waals surface area contributed by atoms with Crippen LogP contribution in [0.15, 0.2) is 42.5 Å². The Morgan fingerprint density at radius 2 is 1.82 bits per heavy atom. The maximum absolute atomic E-state index is 13.1. The number of benzene rings is 2. The van der Waals surface area contributed by atoms with E-state index in [0.717, 1.165) is 16.8 Å². The number of carbonyl (C=O) groups excluding carboxylic acids is 1. The molecular weight excluding hydrogens is 488 g/mol. The van der Waals surface area contributed by atoms with Gasteiger partial charge in [-0.2, -0.15) is 18.3 Å². The molecule has 0 aliphatic carbocycles. The molecule has 0 saturated carbocycles. The third-order valence-corrected chi connectivity index (χ3v) is 5.22. The van der Waals surface area contributed by atoms with Crippen molar-refractivity contribution < 1.29 is 27.6 Å². The van der Waals surface area contributed by atoms with Crippen molar-refractivity contribution in [3.05, 3.63) is 74.0 Å². The summed E-state index contributed by atoms with van der Waals surface area (Å²) in [6.07, 6.45) is -4.79. The number of non-ortho nitro benzene ring substituents is 1. The van der Waals surface area contributed by atoms with E-state index in [1.807, 2.05) is 0 Å². The summed E-state index contributed by atoms with van der Waals surface area (Å²) in [5.74, 6) is -0.386. The lowest BCUT2D eigenvalue weighted by Gasteiger charge is -2.15. The first-order valence-electron chi connectivity index (χ1n) is 9.22. The van der Waals surface area contributed by atoms with Crippen molar-refractivity contribution >= 4 is 40.5 Å². The van der Waals surface area contributed by atoms with Gasteiger partial charge in [-0.3, -0.25) is 19.6 Å². The average molecular weight is 503 g/mol. The van der Waals surface area contributed by atoms with Gasteiger partial charge in [0.1, 0.15) is 17.5 Å². The molecule has 1 heterocycles. The standard InChI is InChI=1S/C20H15Cl2F3N4O4/c1-10-17(22)18(20(23,24)25)27-28(10)11(2)19(30)26-13-7-14(29(31)32)9-16(8-13)33-15-5-3-12(21)4-6-15/h3-9,11H,1-2H3,(H,26,30). The number of nitrogens with zero attached hydrogens (tertiary/aromatic N) is 3. The molecule has 1 atom stereocenters. The van der Waals surface area contributed by atoms with Gasteiger partial charge in [0.15, 0.2) is 5.69 Å². The normalized spacial score (nSPS) is 12.3. The Labute approximate surface area is 195 Å². The van der Waals surface area contributed by atoms with E-state index in [1.54, 1.807) is 24.3 Å². The molecule has 1 amide bonds. The molecule has 3 rings (SSSR count). The lowest BCUT2D eigenvalue weighted by molar-refractivity contribution is -0.384. The Balaban J connectivity index is 1.87. The van der Waals surface area contributed by atoms with E-state index >= 15 is 0 Å². The smallest absolute Gasteiger partial charge is 0.436 e. The highest BCUT2D eigenvalue weighted by Gasteiger charge is 2.39. The number of ether oxygens (including phenoxy) is 1. The molecule has 0 aliphatic heterocycles. The number of alkyl halides is 3. The molecule has 174 valence electrons. The van der Waals surface area contributed by atoms with Crippen molar-refractivity contribution in [1.82, 2.24) is 9.78 Å². The van der Waals surface area contributed by atoms with Crippen LogP contribution in [-0.2, 0) is 11.0 Å². The van der Waals surface area contributed by atoms with Gasteiger partial charge in [-0.05, 0) is 38.1 Å². The summed E-state index contributed by atoms with van der Waals surface area (Å²) in [5.41, 5.74) is -1.74. The SMILES string of the molecule is Cc1c(Cl)c(C(F)(F)F)nn1C(C)C(=O)Nc1cc(Oc2ccc(Cl)cc2)cc([N+](=O)[O-])c1. The maximum Gasteiger partial charge on any atom is 0.436 e. The second-order valence-electron chi connectivity index (χ2n) is 6.88. The number of halogens is 5. The second-order valence-corrected chi connectivity index (χ2v) is 7.70. The largest absolute Gasteiger partial charge is 0.457 e. The zero-order valence-electron chi connectivity index (χ0n) is 17.0. The molecule has 1 aromatic heterocycles. The number of hydrogen-bond donors (Lipinski definition) is 1. The topological polar surface area (TPSA) is 99.3 Å². The summed E-state index contributed by atoms with van der Waals surface area (Å²) in [4.78, 5) is 23.3. The van der Waals surface area contributed by atoms with Gasteiger partial charge < -0.3 is 10.1 Å². The number of rotatable bonds is 6. The molecule has 13 heteroatoms. The number of aromatic nitrogens is 2. The van der Waals surface area contributed by atoms with Crippen LogP contribution in [0.1, 0.15) is 24.4 Å². The lowest BCUT2D eigenvalue weighted by Crippen LogP contribution is -2.25. The van der Waals surface area contributed by atoms with Gasteiger partial charge >= 0.3 is 6.18 Å². The highest BCUT2D eigenvalue weighted by molar-refractivity contribution is 6.32. The monoisotopic (exact) mass is 502 g/mol. The number of nitrogens with one attached hydrogen (secondary N) is 1. The van der Waals surface area contributed by atoms with Crippen molar-refractivity contribution in [2.75, 3.05) is 5.32 Å². The third kappa shape index (κ3) is 5.55. The molecule has 33 heavy (non-hydrogen) atoms. The third-order valence-electron chi connectivity index (χ3n) is 4.51. The van der Waals surface area contributed by atoms with Crippen molar-refractivity contribution in [3.63, 3.8) is 0 Å². The molecule has 0 spiro atoms. The van der Waals surface area contributed by atoms with Crippen LogP contribution in [0.4, 0.5) is 24.5 Å². The van der Waals surface area contributed by atoms with Crippen LogP contribution >= 0.6 is 23.2 Å². The van der Waals surface area contributed by atoms with Crippen LogP contribution in [0.3, 0.4) is 0 Å². The van der Waals surface area contributed by atoms with Crippen LogP contribution in [0.25, 0.3) is 0 Å². The van der Waals surface area contributed by atoms with Crippen molar-refractivity contribution in [2.24, 2.45) is 0 Å². The molecule has 0 bridgehead atoms.